The molecule has 2 aromatic heterocycles. The summed E-state index contributed by atoms with van der Waals surface area (Å²) in [5, 5.41) is 0. The van der Waals surface area contributed by atoms with Gasteiger partial charge in [-0.15, -0.1) is 0 Å². The Balaban J connectivity index is 1.85. The van der Waals surface area contributed by atoms with Gasteiger partial charge in [-0.25, -0.2) is 27.2 Å². The Hall–Kier alpha value is -2.98. The van der Waals surface area contributed by atoms with Gasteiger partial charge in [-0.1, -0.05) is 0 Å². The molecular weight excluding hydrogens is 436 g/mol. The quantitative estimate of drug-likeness (QED) is 0.579. The third kappa shape index (κ3) is 3.95. The molecule has 3 aromatic rings. The van der Waals surface area contributed by atoms with E-state index in [-0.39, 0.29) is 11.4 Å². The number of hydrogen-bond donors (Lipinski definition) is 0. The molecule has 1 fully saturated rings. The number of pyridine rings is 1. The Morgan fingerprint density at radius 2 is 1.88 bits per heavy atom. The molecule has 10 heteroatoms. The SMILES string of the molecule is Cc1cnccc1-c1cnc(N(C)C)nc1[C@H]1CCCN1S(=O)(=O)c1ccc(F)c(F)c1. The van der Waals surface area contributed by atoms with Crippen LogP contribution in [0.15, 0.2) is 47.8 Å². The summed E-state index contributed by atoms with van der Waals surface area (Å²) in [6, 6.07) is 3.91. The maximum Gasteiger partial charge on any atom is 0.243 e. The number of halogens is 2. The first-order valence-corrected chi connectivity index (χ1v) is 11.6. The summed E-state index contributed by atoms with van der Waals surface area (Å²) in [5.74, 6) is -1.84. The summed E-state index contributed by atoms with van der Waals surface area (Å²) < 4.78 is 55.3. The number of hydrogen-bond acceptors (Lipinski definition) is 6. The molecule has 7 nitrogen and oxygen atoms in total. The number of benzene rings is 1. The number of nitrogens with zero attached hydrogens (tertiary/aromatic N) is 5. The predicted molar refractivity (Wildman–Crippen MR) is 117 cm³/mol. The third-order valence-corrected chi connectivity index (χ3v) is 7.44. The first-order chi connectivity index (χ1) is 15.2. The van der Waals surface area contributed by atoms with Gasteiger partial charge in [0, 0.05) is 44.8 Å². The zero-order chi connectivity index (χ0) is 23.0. The predicted octanol–water partition coefficient (Wildman–Crippen LogP) is 3.72. The first kappa shape index (κ1) is 22.2. The standard InChI is InChI=1S/C22H23F2N5O2S/c1-14-12-25-9-8-16(14)17-13-26-22(28(2)3)27-21(17)20-5-4-10-29(20)32(30,31)15-6-7-18(23)19(24)11-15/h6-9,11-13,20H,4-5,10H2,1-3H3/t20-/m1/s1. The fourth-order valence-corrected chi connectivity index (χ4v) is 5.58. The van der Waals surface area contributed by atoms with E-state index in [0.717, 1.165) is 29.3 Å². The molecule has 1 aliphatic heterocycles. The van der Waals surface area contributed by atoms with Crippen LogP contribution in [0, 0.1) is 18.6 Å². The van der Waals surface area contributed by atoms with Crippen molar-refractivity contribution in [2.24, 2.45) is 0 Å². The van der Waals surface area contributed by atoms with Crippen molar-refractivity contribution in [1.29, 1.82) is 0 Å². The van der Waals surface area contributed by atoms with E-state index in [4.69, 9.17) is 4.98 Å². The van der Waals surface area contributed by atoms with Crippen molar-refractivity contribution in [2.75, 3.05) is 25.5 Å². The number of sulfonamides is 1. The lowest BCUT2D eigenvalue weighted by molar-refractivity contribution is 0.390. The average molecular weight is 460 g/mol. The zero-order valence-electron chi connectivity index (χ0n) is 18.0. The van der Waals surface area contributed by atoms with Gasteiger partial charge in [0.05, 0.1) is 16.6 Å². The van der Waals surface area contributed by atoms with Crippen LogP contribution in [-0.2, 0) is 10.0 Å². The molecule has 0 N–H and O–H groups in total. The summed E-state index contributed by atoms with van der Waals surface area (Å²) in [7, 11) is -0.464. The molecule has 1 saturated heterocycles. The molecule has 1 aliphatic rings. The number of rotatable bonds is 5. The largest absolute Gasteiger partial charge is 0.347 e. The topological polar surface area (TPSA) is 79.3 Å². The van der Waals surface area contributed by atoms with Crippen LogP contribution < -0.4 is 4.90 Å². The summed E-state index contributed by atoms with van der Waals surface area (Å²) >= 11 is 0. The van der Waals surface area contributed by atoms with Crippen LogP contribution in [0.25, 0.3) is 11.1 Å². The van der Waals surface area contributed by atoms with Gasteiger partial charge < -0.3 is 4.90 Å². The average Bonchev–Trinajstić information content (AvgIpc) is 3.26. The van der Waals surface area contributed by atoms with E-state index in [1.807, 2.05) is 13.0 Å². The summed E-state index contributed by atoms with van der Waals surface area (Å²) in [5.41, 5.74) is 3.05. The van der Waals surface area contributed by atoms with Crippen molar-refractivity contribution in [3.05, 3.63) is 65.7 Å². The van der Waals surface area contributed by atoms with Crippen molar-refractivity contribution in [3.8, 4) is 11.1 Å². The molecule has 0 radical (unpaired) electrons. The second-order valence-electron chi connectivity index (χ2n) is 7.90. The van der Waals surface area contributed by atoms with Gasteiger partial charge in [0.2, 0.25) is 16.0 Å². The van der Waals surface area contributed by atoms with Crippen LogP contribution in [0.2, 0.25) is 0 Å². The van der Waals surface area contributed by atoms with Gasteiger partial charge >= 0.3 is 0 Å². The Morgan fingerprint density at radius 1 is 1.09 bits per heavy atom. The van der Waals surface area contributed by atoms with E-state index >= 15 is 0 Å². The minimum Gasteiger partial charge on any atom is -0.347 e. The van der Waals surface area contributed by atoms with Crippen LogP contribution in [0.5, 0.6) is 0 Å². The minimum atomic E-state index is -4.08. The van der Waals surface area contributed by atoms with Crippen molar-refractivity contribution in [3.63, 3.8) is 0 Å². The highest BCUT2D eigenvalue weighted by molar-refractivity contribution is 7.89. The number of anilines is 1. The molecule has 0 spiro atoms. The molecule has 4 rings (SSSR count). The van der Waals surface area contributed by atoms with Gasteiger partial charge in [0.1, 0.15) is 0 Å². The number of aryl methyl sites for hydroxylation is 1. The van der Waals surface area contributed by atoms with Gasteiger partial charge in [-0.2, -0.15) is 4.31 Å². The van der Waals surface area contributed by atoms with E-state index < -0.39 is 27.7 Å². The Labute approximate surface area is 185 Å². The van der Waals surface area contributed by atoms with Gasteiger partial charge in [-0.05, 0) is 55.2 Å². The molecule has 0 amide bonds. The van der Waals surface area contributed by atoms with Crippen molar-refractivity contribution >= 4 is 16.0 Å². The first-order valence-electron chi connectivity index (χ1n) is 10.1. The molecule has 0 unspecified atom stereocenters. The monoisotopic (exact) mass is 459 g/mol. The normalized spacial score (nSPS) is 17.0. The molecule has 0 aliphatic carbocycles. The summed E-state index contributed by atoms with van der Waals surface area (Å²) in [6.07, 6.45) is 6.24. The smallest absolute Gasteiger partial charge is 0.243 e. The van der Waals surface area contributed by atoms with Crippen LogP contribution in [-0.4, -0.2) is 48.3 Å². The lowest BCUT2D eigenvalue weighted by atomic mass is 9.98. The van der Waals surface area contributed by atoms with E-state index in [2.05, 4.69) is 9.97 Å². The van der Waals surface area contributed by atoms with Crippen molar-refractivity contribution in [1.82, 2.24) is 19.3 Å². The van der Waals surface area contributed by atoms with Crippen LogP contribution in [0.1, 0.15) is 30.1 Å². The number of aromatic nitrogens is 3. The highest BCUT2D eigenvalue weighted by atomic mass is 32.2. The third-order valence-electron chi connectivity index (χ3n) is 5.53. The highest BCUT2D eigenvalue weighted by Gasteiger charge is 2.39. The van der Waals surface area contributed by atoms with E-state index in [1.54, 1.807) is 37.6 Å². The molecule has 0 bridgehead atoms. The summed E-state index contributed by atoms with van der Waals surface area (Å²) in [4.78, 5) is 14.7. The summed E-state index contributed by atoms with van der Waals surface area (Å²) in [6.45, 7) is 2.17. The van der Waals surface area contributed by atoms with Gasteiger partial charge in [0.15, 0.2) is 11.6 Å². The van der Waals surface area contributed by atoms with Crippen LogP contribution in [0.3, 0.4) is 0 Å². The molecule has 0 saturated carbocycles. The molecular formula is C22H23F2N5O2S. The van der Waals surface area contributed by atoms with Crippen LogP contribution >= 0.6 is 0 Å². The second-order valence-corrected chi connectivity index (χ2v) is 9.79. The molecule has 168 valence electrons. The zero-order valence-corrected chi connectivity index (χ0v) is 18.8. The maximum atomic E-state index is 13.8. The lowest BCUT2D eigenvalue weighted by Crippen LogP contribution is -2.32. The Bertz CT molecular complexity index is 1270. The van der Waals surface area contributed by atoms with Gasteiger partial charge in [-0.3, -0.25) is 4.98 Å². The van der Waals surface area contributed by atoms with Crippen molar-refractivity contribution < 1.29 is 17.2 Å². The molecule has 32 heavy (non-hydrogen) atoms. The van der Waals surface area contributed by atoms with Crippen molar-refractivity contribution in [2.45, 2.75) is 30.7 Å². The maximum absolute atomic E-state index is 13.8. The van der Waals surface area contributed by atoms with Crippen LogP contribution in [0.4, 0.5) is 14.7 Å². The molecule has 1 atom stereocenters. The second kappa shape index (κ2) is 8.51. The molecule has 3 heterocycles. The fraction of sp³-hybridized carbons (Fsp3) is 0.318. The van der Waals surface area contributed by atoms with Gasteiger partial charge in [0.25, 0.3) is 0 Å². The Kier molecular flexibility index (Phi) is 5.91. The van der Waals surface area contributed by atoms with E-state index in [0.29, 0.717) is 30.0 Å². The van der Waals surface area contributed by atoms with E-state index in [9.17, 15) is 17.2 Å². The van der Waals surface area contributed by atoms with E-state index in [1.165, 1.54) is 4.31 Å². The minimum absolute atomic E-state index is 0.252. The highest BCUT2D eigenvalue weighted by Crippen LogP contribution is 2.40. The molecule has 1 aromatic carbocycles. The Morgan fingerprint density at radius 3 is 2.56 bits per heavy atom. The lowest BCUT2D eigenvalue weighted by Gasteiger charge is -2.26. The fourth-order valence-electron chi connectivity index (χ4n) is 3.91.